The highest BCUT2D eigenvalue weighted by Crippen LogP contribution is 2.30. The number of pyridine rings is 1. The predicted molar refractivity (Wildman–Crippen MR) is 59.5 cm³/mol. The van der Waals surface area contributed by atoms with E-state index in [1.165, 1.54) is 4.90 Å². The molecule has 0 amide bonds. The van der Waals surface area contributed by atoms with E-state index in [1.54, 1.807) is 0 Å². The van der Waals surface area contributed by atoms with Crippen LogP contribution in [0, 0.1) is 23.5 Å². The maximum Gasteiger partial charge on any atom is 0.253 e. The molecule has 1 aliphatic heterocycles. The van der Waals surface area contributed by atoms with Gasteiger partial charge in [-0.15, -0.1) is 0 Å². The maximum absolute atomic E-state index is 13.5. The highest BCUT2D eigenvalue weighted by molar-refractivity contribution is 5.49. The van der Waals surface area contributed by atoms with E-state index in [4.69, 9.17) is 10.8 Å². The number of anilines is 1. The Hall–Kier alpha value is -1.41. The standard InChI is InChI=1S/C11H13F4N3O/c12-6-8(7(13)10(15)17-9(6)14)18-3-1-11(16,5-19)2-4-18/h19H,1-5,16H2. The summed E-state index contributed by atoms with van der Waals surface area (Å²) in [6, 6.07) is 0. The number of aromatic nitrogens is 1. The molecule has 0 saturated carbocycles. The van der Waals surface area contributed by atoms with Gasteiger partial charge >= 0.3 is 0 Å². The molecule has 0 radical (unpaired) electrons. The molecule has 0 bridgehead atoms. The lowest BCUT2D eigenvalue weighted by atomic mass is 9.89. The van der Waals surface area contributed by atoms with E-state index >= 15 is 0 Å². The molecule has 2 rings (SSSR count). The average Bonchev–Trinajstić information content (AvgIpc) is 2.39. The van der Waals surface area contributed by atoms with Gasteiger partial charge < -0.3 is 15.7 Å². The van der Waals surface area contributed by atoms with Crippen molar-refractivity contribution in [1.29, 1.82) is 0 Å². The SMILES string of the molecule is NC1(CO)CCN(c2c(F)c(F)nc(F)c2F)CC1. The minimum atomic E-state index is -1.68. The molecule has 8 heteroatoms. The van der Waals surface area contributed by atoms with Gasteiger partial charge in [-0.25, -0.2) is 0 Å². The molecule has 106 valence electrons. The van der Waals surface area contributed by atoms with Gasteiger partial charge in [0, 0.05) is 18.6 Å². The molecule has 1 aromatic rings. The third kappa shape index (κ3) is 2.50. The molecular formula is C11H13F4N3O. The van der Waals surface area contributed by atoms with Gasteiger partial charge in [-0.1, -0.05) is 0 Å². The second-order valence-corrected chi connectivity index (χ2v) is 4.68. The minimum Gasteiger partial charge on any atom is -0.394 e. The van der Waals surface area contributed by atoms with Crippen LogP contribution in [-0.2, 0) is 0 Å². The van der Waals surface area contributed by atoms with Crippen LogP contribution in [0.5, 0.6) is 0 Å². The van der Waals surface area contributed by atoms with Crippen LogP contribution < -0.4 is 10.6 Å². The van der Waals surface area contributed by atoms with Gasteiger partial charge in [-0.2, -0.15) is 22.5 Å². The molecule has 0 atom stereocenters. The Bertz CT molecular complexity index is 463. The third-order valence-electron chi connectivity index (χ3n) is 3.36. The number of halogens is 4. The molecule has 0 aromatic carbocycles. The summed E-state index contributed by atoms with van der Waals surface area (Å²) in [6.07, 6.45) is 0.516. The lowest BCUT2D eigenvalue weighted by Crippen LogP contribution is -2.53. The number of aliphatic hydroxyl groups is 1. The zero-order chi connectivity index (χ0) is 14.2. The molecule has 0 unspecified atom stereocenters. The van der Waals surface area contributed by atoms with Crippen molar-refractivity contribution in [2.75, 3.05) is 24.6 Å². The lowest BCUT2D eigenvalue weighted by molar-refractivity contribution is 0.169. The Kier molecular flexibility index (Phi) is 3.64. The molecule has 2 heterocycles. The highest BCUT2D eigenvalue weighted by atomic mass is 19.2. The highest BCUT2D eigenvalue weighted by Gasteiger charge is 2.33. The van der Waals surface area contributed by atoms with E-state index in [1.807, 2.05) is 0 Å². The zero-order valence-corrected chi connectivity index (χ0v) is 9.97. The first-order valence-electron chi connectivity index (χ1n) is 5.72. The van der Waals surface area contributed by atoms with E-state index in [-0.39, 0.29) is 32.5 Å². The summed E-state index contributed by atoms with van der Waals surface area (Å²) < 4.78 is 53.1. The predicted octanol–water partition coefficient (Wildman–Crippen LogP) is 0.928. The topological polar surface area (TPSA) is 62.4 Å². The van der Waals surface area contributed by atoms with Gasteiger partial charge in [0.05, 0.1) is 6.61 Å². The first-order chi connectivity index (χ1) is 8.88. The fourth-order valence-corrected chi connectivity index (χ4v) is 2.09. The number of nitrogens with zero attached hydrogens (tertiary/aromatic N) is 2. The van der Waals surface area contributed by atoms with Crippen molar-refractivity contribution in [3.63, 3.8) is 0 Å². The number of piperidine rings is 1. The normalized spacial score (nSPS) is 18.7. The summed E-state index contributed by atoms with van der Waals surface area (Å²) in [5, 5.41) is 9.08. The molecular weight excluding hydrogens is 266 g/mol. The Morgan fingerprint density at radius 3 is 2.00 bits per heavy atom. The fraction of sp³-hybridized carbons (Fsp3) is 0.545. The molecule has 1 aliphatic rings. The van der Waals surface area contributed by atoms with Gasteiger partial charge in [-0.3, -0.25) is 0 Å². The van der Waals surface area contributed by atoms with Crippen LogP contribution in [-0.4, -0.2) is 35.3 Å². The Labute approximate surface area is 106 Å². The summed E-state index contributed by atoms with van der Waals surface area (Å²) in [6.45, 7) is -0.0769. The Balaban J connectivity index is 2.30. The number of nitrogens with two attached hydrogens (primary N) is 1. The third-order valence-corrected chi connectivity index (χ3v) is 3.36. The summed E-state index contributed by atoms with van der Waals surface area (Å²) in [7, 11) is 0. The van der Waals surface area contributed by atoms with E-state index in [9.17, 15) is 17.6 Å². The Morgan fingerprint density at radius 2 is 1.58 bits per heavy atom. The summed E-state index contributed by atoms with van der Waals surface area (Å²) in [5.74, 6) is -6.40. The van der Waals surface area contributed by atoms with Gasteiger partial charge in [0.2, 0.25) is 11.6 Å². The van der Waals surface area contributed by atoms with Crippen LogP contribution in [0.2, 0.25) is 0 Å². The number of aliphatic hydroxyl groups excluding tert-OH is 1. The van der Waals surface area contributed by atoms with Gasteiger partial charge in [0.25, 0.3) is 11.9 Å². The van der Waals surface area contributed by atoms with Crippen LogP contribution in [0.1, 0.15) is 12.8 Å². The molecule has 0 spiro atoms. The lowest BCUT2D eigenvalue weighted by Gasteiger charge is -2.39. The number of rotatable bonds is 2. The summed E-state index contributed by atoms with van der Waals surface area (Å²) in [5.41, 5.74) is 4.21. The van der Waals surface area contributed by atoms with Crippen LogP contribution >= 0.6 is 0 Å². The summed E-state index contributed by atoms with van der Waals surface area (Å²) >= 11 is 0. The van der Waals surface area contributed by atoms with Crippen molar-refractivity contribution in [1.82, 2.24) is 4.98 Å². The molecule has 3 N–H and O–H groups in total. The van der Waals surface area contributed by atoms with Gasteiger partial charge in [-0.05, 0) is 12.8 Å². The quantitative estimate of drug-likeness (QED) is 0.624. The van der Waals surface area contributed by atoms with Crippen molar-refractivity contribution in [2.24, 2.45) is 5.73 Å². The zero-order valence-electron chi connectivity index (χ0n) is 9.97. The minimum absolute atomic E-state index is 0.0911. The van der Waals surface area contributed by atoms with Crippen molar-refractivity contribution >= 4 is 5.69 Å². The molecule has 19 heavy (non-hydrogen) atoms. The second-order valence-electron chi connectivity index (χ2n) is 4.68. The van der Waals surface area contributed by atoms with Gasteiger partial charge in [0.15, 0.2) is 0 Å². The molecule has 4 nitrogen and oxygen atoms in total. The largest absolute Gasteiger partial charge is 0.394 e. The van der Waals surface area contributed by atoms with Crippen LogP contribution in [0.3, 0.4) is 0 Å². The number of hydrogen-bond acceptors (Lipinski definition) is 4. The van der Waals surface area contributed by atoms with Crippen molar-refractivity contribution < 1.29 is 22.7 Å². The maximum atomic E-state index is 13.5. The first-order valence-corrected chi connectivity index (χ1v) is 5.72. The number of hydrogen-bond donors (Lipinski definition) is 2. The summed E-state index contributed by atoms with van der Waals surface area (Å²) in [4.78, 5) is 3.66. The fourth-order valence-electron chi connectivity index (χ4n) is 2.09. The van der Waals surface area contributed by atoms with E-state index < -0.39 is 34.8 Å². The van der Waals surface area contributed by atoms with Crippen LogP contribution in [0.25, 0.3) is 0 Å². The van der Waals surface area contributed by atoms with Gasteiger partial charge in [0.1, 0.15) is 5.69 Å². The molecule has 1 saturated heterocycles. The molecule has 0 aliphatic carbocycles. The van der Waals surface area contributed by atoms with Crippen molar-refractivity contribution in [3.8, 4) is 0 Å². The molecule has 1 fully saturated rings. The molecule has 1 aromatic heterocycles. The van der Waals surface area contributed by atoms with Crippen molar-refractivity contribution in [3.05, 3.63) is 23.5 Å². The first kappa shape index (κ1) is 14.0. The average molecular weight is 279 g/mol. The Morgan fingerprint density at radius 1 is 1.11 bits per heavy atom. The van der Waals surface area contributed by atoms with Crippen LogP contribution in [0.4, 0.5) is 23.2 Å². The van der Waals surface area contributed by atoms with Crippen LogP contribution in [0.15, 0.2) is 0 Å². The second kappa shape index (κ2) is 4.93. The van der Waals surface area contributed by atoms with Crippen molar-refractivity contribution in [2.45, 2.75) is 18.4 Å². The monoisotopic (exact) mass is 279 g/mol. The smallest absolute Gasteiger partial charge is 0.253 e. The van der Waals surface area contributed by atoms with E-state index in [0.717, 1.165) is 0 Å². The van der Waals surface area contributed by atoms with E-state index in [0.29, 0.717) is 0 Å². The van der Waals surface area contributed by atoms with E-state index in [2.05, 4.69) is 4.98 Å².